The molecule has 3 aromatic rings. The van der Waals surface area contributed by atoms with Crippen molar-refractivity contribution in [3.05, 3.63) is 80.5 Å². The van der Waals surface area contributed by atoms with E-state index in [-0.39, 0.29) is 17.1 Å². The van der Waals surface area contributed by atoms with Crippen LogP contribution in [0.2, 0.25) is 0 Å². The number of carbonyl (C=O) groups is 1. The van der Waals surface area contributed by atoms with Crippen molar-refractivity contribution in [3.63, 3.8) is 0 Å². The summed E-state index contributed by atoms with van der Waals surface area (Å²) in [6.45, 7) is 11.1. The van der Waals surface area contributed by atoms with Crippen LogP contribution in [0.4, 0.5) is 13.2 Å². The van der Waals surface area contributed by atoms with E-state index in [0.717, 1.165) is 23.3 Å². The summed E-state index contributed by atoms with van der Waals surface area (Å²) in [6, 6.07) is 13.0. The number of rotatable bonds is 5. The number of alkyl halides is 3. The molecular weight excluding hydrogens is 473 g/mol. The van der Waals surface area contributed by atoms with Crippen LogP contribution in [0, 0.1) is 39.5 Å². The molecule has 7 heteroatoms. The minimum absolute atomic E-state index is 0.0552. The molecule has 0 bridgehead atoms. The van der Waals surface area contributed by atoms with Crippen molar-refractivity contribution in [2.24, 2.45) is 0 Å². The maximum atomic E-state index is 12.7. The van der Waals surface area contributed by atoms with E-state index in [0.29, 0.717) is 11.3 Å². The van der Waals surface area contributed by atoms with E-state index in [1.807, 2.05) is 13.8 Å². The molecule has 0 N–H and O–H groups in total. The van der Waals surface area contributed by atoms with Gasteiger partial charge in [0.15, 0.2) is 26.9 Å². The lowest BCUT2D eigenvalue weighted by molar-refractivity contribution is -0.154. The van der Waals surface area contributed by atoms with Crippen molar-refractivity contribution >= 4 is 16.4 Å². The van der Waals surface area contributed by atoms with E-state index in [2.05, 4.69) is 50.0 Å². The van der Waals surface area contributed by atoms with Crippen LogP contribution >= 0.6 is 10.5 Å². The highest BCUT2D eigenvalue weighted by atomic mass is 32.2. The summed E-state index contributed by atoms with van der Waals surface area (Å²) in [4.78, 5) is 16.3. The van der Waals surface area contributed by atoms with Gasteiger partial charge in [0.1, 0.15) is 5.75 Å². The number of hydrogen-bond donors (Lipinski definition) is 0. The molecule has 0 unspecified atom stereocenters. The zero-order valence-electron chi connectivity index (χ0n) is 20.6. The highest BCUT2D eigenvalue weighted by Crippen LogP contribution is 2.41. The number of hydrogen-bond acceptors (Lipinski definition) is 3. The number of thiophene rings is 1. The van der Waals surface area contributed by atoms with E-state index in [1.54, 1.807) is 13.8 Å². The van der Waals surface area contributed by atoms with Crippen LogP contribution in [-0.4, -0.2) is 18.2 Å². The Morgan fingerprint density at radius 2 is 1.46 bits per heavy atom. The van der Waals surface area contributed by atoms with Gasteiger partial charge in [0.2, 0.25) is 0 Å². The molecule has 0 aliphatic carbocycles. The SMILES string of the molecule is Cc1cc(-[s+]2c(C)ccc2C)cc(C)c1OCC(=O)OC(C)(C)C#Cc1ccc(C(F)(F)F)cc1. The summed E-state index contributed by atoms with van der Waals surface area (Å²) < 4.78 is 49.3. The summed E-state index contributed by atoms with van der Waals surface area (Å²) in [5.41, 5.74) is 0.381. The van der Waals surface area contributed by atoms with Gasteiger partial charge in [-0.25, -0.2) is 4.79 Å². The number of carbonyl (C=O) groups excluding carboxylic acids is 1. The predicted octanol–water partition coefficient (Wildman–Crippen LogP) is 7.43. The number of aryl methyl sites for hydroxylation is 4. The standard InChI is InChI=1S/C28H28F3O3S/c1-18-15-24(35-20(3)7-8-21(35)4)16-19(2)26(18)33-17-25(32)34-27(5,6)14-13-22-9-11-23(12-10-22)28(29,30)31/h7-12,15-16H,17H2,1-6H3/q+1. The van der Waals surface area contributed by atoms with Gasteiger partial charge in [0.25, 0.3) is 0 Å². The smallest absolute Gasteiger partial charge is 0.416 e. The lowest BCUT2D eigenvalue weighted by atomic mass is 10.1. The Labute approximate surface area is 206 Å². The van der Waals surface area contributed by atoms with Crippen molar-refractivity contribution in [1.29, 1.82) is 0 Å². The van der Waals surface area contributed by atoms with Gasteiger partial charge in [0.05, 0.1) is 5.56 Å². The van der Waals surface area contributed by atoms with Gasteiger partial charge in [-0.1, -0.05) is 11.8 Å². The average molecular weight is 502 g/mol. The quantitative estimate of drug-likeness (QED) is 0.207. The molecule has 0 spiro atoms. The number of benzene rings is 2. The fourth-order valence-electron chi connectivity index (χ4n) is 3.69. The van der Waals surface area contributed by atoms with Crippen LogP contribution < -0.4 is 4.74 Å². The molecule has 0 aliphatic heterocycles. The summed E-state index contributed by atoms with van der Waals surface area (Å²) in [5.74, 6) is 5.61. The Morgan fingerprint density at radius 3 is 1.97 bits per heavy atom. The van der Waals surface area contributed by atoms with Crippen molar-refractivity contribution in [1.82, 2.24) is 0 Å². The van der Waals surface area contributed by atoms with Crippen LogP contribution in [0.25, 0.3) is 4.90 Å². The summed E-state index contributed by atoms with van der Waals surface area (Å²) in [7, 11) is -0.0552. The van der Waals surface area contributed by atoms with Crippen LogP contribution in [0.3, 0.4) is 0 Å². The van der Waals surface area contributed by atoms with Crippen LogP contribution in [-0.2, 0) is 15.7 Å². The van der Waals surface area contributed by atoms with Crippen LogP contribution in [0.1, 0.15) is 45.9 Å². The van der Waals surface area contributed by atoms with Gasteiger partial charge < -0.3 is 9.47 Å². The number of halogens is 3. The third-order valence-electron chi connectivity index (χ3n) is 5.29. The van der Waals surface area contributed by atoms with E-state index in [1.165, 1.54) is 26.8 Å². The molecular formula is C28H28F3O3S+. The molecule has 0 aliphatic rings. The molecule has 0 saturated heterocycles. The Morgan fingerprint density at radius 1 is 0.914 bits per heavy atom. The minimum atomic E-state index is -4.40. The third kappa shape index (κ3) is 6.67. The van der Waals surface area contributed by atoms with Gasteiger partial charge in [-0.15, -0.1) is 0 Å². The topological polar surface area (TPSA) is 35.5 Å². The van der Waals surface area contributed by atoms with Crippen molar-refractivity contribution in [2.75, 3.05) is 6.61 Å². The van der Waals surface area contributed by atoms with Gasteiger partial charge in [-0.3, -0.25) is 0 Å². The van der Waals surface area contributed by atoms with Gasteiger partial charge in [-0.2, -0.15) is 13.2 Å². The molecule has 184 valence electrons. The van der Waals surface area contributed by atoms with Gasteiger partial charge in [-0.05, 0) is 75.2 Å². The molecule has 0 atom stereocenters. The predicted molar refractivity (Wildman–Crippen MR) is 133 cm³/mol. The van der Waals surface area contributed by atoms with Crippen molar-refractivity contribution in [2.45, 2.75) is 53.3 Å². The molecule has 1 aromatic heterocycles. The fourth-order valence-corrected chi connectivity index (χ4v) is 5.94. The first kappa shape index (κ1) is 26.4. The molecule has 1 heterocycles. The number of ether oxygens (including phenoxy) is 2. The van der Waals surface area contributed by atoms with Crippen LogP contribution in [0.15, 0.2) is 48.5 Å². The molecule has 3 rings (SSSR count). The van der Waals surface area contributed by atoms with Crippen molar-refractivity contribution in [3.8, 4) is 22.5 Å². The lowest BCUT2D eigenvalue weighted by Gasteiger charge is -2.19. The molecule has 35 heavy (non-hydrogen) atoms. The molecule has 2 aromatic carbocycles. The maximum Gasteiger partial charge on any atom is 0.416 e. The Bertz CT molecular complexity index is 1250. The maximum absolute atomic E-state index is 12.7. The summed E-state index contributed by atoms with van der Waals surface area (Å²) in [6.07, 6.45) is -4.40. The third-order valence-corrected chi connectivity index (χ3v) is 7.56. The normalized spacial score (nSPS) is 11.6. The molecule has 0 amide bonds. The first-order valence-corrected chi connectivity index (χ1v) is 12.2. The number of esters is 1. The second kappa shape index (κ2) is 10.2. The van der Waals surface area contributed by atoms with Crippen LogP contribution in [0.5, 0.6) is 5.75 Å². The van der Waals surface area contributed by atoms with E-state index in [4.69, 9.17) is 9.47 Å². The largest absolute Gasteiger partial charge is 0.481 e. The Balaban J connectivity index is 1.64. The second-order valence-electron chi connectivity index (χ2n) is 8.85. The van der Waals surface area contributed by atoms with Gasteiger partial charge in [0, 0.05) is 42.0 Å². The second-order valence-corrected chi connectivity index (χ2v) is 11.2. The zero-order valence-corrected chi connectivity index (χ0v) is 21.4. The molecule has 0 saturated carbocycles. The summed E-state index contributed by atoms with van der Waals surface area (Å²) in [5, 5.41) is 0. The highest BCUT2D eigenvalue weighted by molar-refractivity contribution is 7.39. The first-order chi connectivity index (χ1) is 16.3. The minimum Gasteiger partial charge on any atom is -0.481 e. The Hall–Kier alpha value is -3.24. The van der Waals surface area contributed by atoms with E-state index in [9.17, 15) is 18.0 Å². The first-order valence-electron chi connectivity index (χ1n) is 11.0. The zero-order chi connectivity index (χ0) is 26.0. The monoisotopic (exact) mass is 501 g/mol. The average Bonchev–Trinajstić information content (AvgIpc) is 3.09. The lowest BCUT2D eigenvalue weighted by Crippen LogP contribution is -2.29. The fraction of sp³-hybridized carbons (Fsp3) is 0.321. The van der Waals surface area contributed by atoms with Crippen molar-refractivity contribution < 1.29 is 27.4 Å². The highest BCUT2D eigenvalue weighted by Gasteiger charge is 2.30. The molecule has 0 fully saturated rings. The molecule has 3 nitrogen and oxygen atoms in total. The Kier molecular flexibility index (Phi) is 7.66. The van der Waals surface area contributed by atoms with E-state index < -0.39 is 23.3 Å². The van der Waals surface area contributed by atoms with E-state index >= 15 is 0 Å². The summed E-state index contributed by atoms with van der Waals surface area (Å²) >= 11 is 0. The van der Waals surface area contributed by atoms with Gasteiger partial charge >= 0.3 is 12.1 Å². The molecule has 0 radical (unpaired) electrons.